The van der Waals surface area contributed by atoms with Crippen molar-refractivity contribution in [2.24, 2.45) is 0 Å². The lowest BCUT2D eigenvalue weighted by molar-refractivity contribution is 0.156. The molecule has 0 bridgehead atoms. The van der Waals surface area contributed by atoms with Crippen molar-refractivity contribution < 1.29 is 14.8 Å². The van der Waals surface area contributed by atoms with Crippen LogP contribution in [0.3, 0.4) is 0 Å². The molecule has 1 fully saturated rings. The first-order valence-electron chi connectivity index (χ1n) is 5.89. The summed E-state index contributed by atoms with van der Waals surface area (Å²) in [6.45, 7) is 0. The molecule has 2 rings (SSSR count). The van der Waals surface area contributed by atoms with E-state index in [1.54, 1.807) is 18.2 Å². The Bertz CT molecular complexity index is 335. The number of ether oxygens (including phenoxy) is 1. The minimum Gasteiger partial charge on any atom is -0.491 e. The highest BCUT2D eigenvalue weighted by atomic mass is 16.5. The van der Waals surface area contributed by atoms with E-state index in [-0.39, 0.29) is 6.10 Å². The average molecular weight is 220 g/mol. The molecule has 0 atom stereocenters. The molecule has 2 N–H and O–H groups in total. The van der Waals surface area contributed by atoms with E-state index in [0.29, 0.717) is 11.2 Å². The van der Waals surface area contributed by atoms with Gasteiger partial charge in [0.05, 0.1) is 6.10 Å². The second-order valence-electron chi connectivity index (χ2n) is 4.29. The Hall–Kier alpha value is -0.995. The highest BCUT2D eigenvalue weighted by molar-refractivity contribution is 6.59. The lowest BCUT2D eigenvalue weighted by Crippen LogP contribution is -2.33. The molecule has 1 aliphatic carbocycles. The number of hydrogen-bond acceptors (Lipinski definition) is 3. The minimum atomic E-state index is -1.46. The van der Waals surface area contributed by atoms with E-state index in [9.17, 15) is 10.0 Å². The first-order chi connectivity index (χ1) is 7.77. The van der Waals surface area contributed by atoms with Gasteiger partial charge in [0.25, 0.3) is 0 Å². The molecule has 0 amide bonds. The molecule has 1 saturated carbocycles. The molecule has 1 aliphatic rings. The van der Waals surface area contributed by atoms with Crippen LogP contribution in [0, 0.1) is 0 Å². The van der Waals surface area contributed by atoms with Crippen molar-refractivity contribution in [3.63, 3.8) is 0 Å². The van der Waals surface area contributed by atoms with E-state index < -0.39 is 7.12 Å². The fourth-order valence-corrected chi connectivity index (χ4v) is 2.16. The Morgan fingerprint density at radius 1 is 1.06 bits per heavy atom. The molecule has 0 heterocycles. The summed E-state index contributed by atoms with van der Waals surface area (Å²) in [5.74, 6) is 0.601. The van der Waals surface area contributed by atoms with Gasteiger partial charge in [-0.2, -0.15) is 0 Å². The maximum absolute atomic E-state index is 9.21. The molecule has 0 unspecified atom stereocenters. The first kappa shape index (κ1) is 11.5. The molecule has 86 valence electrons. The van der Waals surface area contributed by atoms with Crippen LogP contribution in [0.1, 0.15) is 32.1 Å². The first-order valence-corrected chi connectivity index (χ1v) is 5.89. The van der Waals surface area contributed by atoms with Gasteiger partial charge in [-0.15, -0.1) is 0 Å². The fraction of sp³-hybridized carbons (Fsp3) is 0.500. The molecule has 3 nitrogen and oxygen atoms in total. The van der Waals surface area contributed by atoms with E-state index >= 15 is 0 Å². The predicted molar refractivity (Wildman–Crippen MR) is 63.8 cm³/mol. The zero-order chi connectivity index (χ0) is 11.4. The summed E-state index contributed by atoms with van der Waals surface area (Å²) in [7, 11) is -1.46. The monoisotopic (exact) mass is 220 g/mol. The van der Waals surface area contributed by atoms with Gasteiger partial charge in [-0.3, -0.25) is 0 Å². The Balaban J connectivity index is 2.07. The highest BCUT2D eigenvalue weighted by Gasteiger charge is 2.20. The number of benzene rings is 1. The predicted octanol–water partition coefficient (Wildman–Crippen LogP) is 1.08. The SMILES string of the molecule is OB(O)c1ccccc1OC1CCCCC1. The maximum atomic E-state index is 9.21. The van der Waals surface area contributed by atoms with Crippen molar-refractivity contribution in [1.29, 1.82) is 0 Å². The normalized spacial score (nSPS) is 17.1. The van der Waals surface area contributed by atoms with Crippen LogP contribution in [0.5, 0.6) is 5.75 Å². The van der Waals surface area contributed by atoms with Crippen LogP contribution in [0.15, 0.2) is 24.3 Å². The largest absolute Gasteiger partial charge is 0.492 e. The summed E-state index contributed by atoms with van der Waals surface area (Å²) in [5, 5.41) is 18.4. The van der Waals surface area contributed by atoms with Crippen molar-refractivity contribution in [3.05, 3.63) is 24.3 Å². The van der Waals surface area contributed by atoms with Gasteiger partial charge in [0.2, 0.25) is 0 Å². The summed E-state index contributed by atoms with van der Waals surface area (Å²) in [5.41, 5.74) is 0.452. The quantitative estimate of drug-likeness (QED) is 0.749. The third kappa shape index (κ3) is 2.77. The van der Waals surface area contributed by atoms with Crippen LogP contribution in [0.25, 0.3) is 0 Å². The Kier molecular flexibility index (Phi) is 3.85. The van der Waals surface area contributed by atoms with Crippen LogP contribution in [0.4, 0.5) is 0 Å². The topological polar surface area (TPSA) is 49.7 Å². The molecule has 0 radical (unpaired) electrons. The molecule has 0 aromatic heterocycles. The second kappa shape index (κ2) is 5.37. The lowest BCUT2D eigenvalue weighted by Gasteiger charge is -2.24. The van der Waals surface area contributed by atoms with Gasteiger partial charge in [0.15, 0.2) is 0 Å². The molecule has 0 aliphatic heterocycles. The van der Waals surface area contributed by atoms with E-state index in [4.69, 9.17) is 4.74 Å². The van der Waals surface area contributed by atoms with Crippen LogP contribution >= 0.6 is 0 Å². The van der Waals surface area contributed by atoms with Crippen molar-refractivity contribution in [1.82, 2.24) is 0 Å². The van der Waals surface area contributed by atoms with Gasteiger partial charge in [-0.05, 0) is 31.7 Å². The van der Waals surface area contributed by atoms with Gasteiger partial charge < -0.3 is 14.8 Å². The standard InChI is InChI=1S/C12H17BO3/c14-13(15)11-8-4-5-9-12(11)16-10-6-2-1-3-7-10/h4-5,8-10,14-15H,1-3,6-7H2. The summed E-state index contributed by atoms with van der Waals surface area (Å²) in [4.78, 5) is 0. The van der Waals surface area contributed by atoms with Crippen molar-refractivity contribution in [2.45, 2.75) is 38.2 Å². The zero-order valence-electron chi connectivity index (χ0n) is 9.30. The third-order valence-corrected chi connectivity index (χ3v) is 3.04. The summed E-state index contributed by atoms with van der Waals surface area (Å²) in [6, 6.07) is 7.11. The molecule has 0 spiro atoms. The summed E-state index contributed by atoms with van der Waals surface area (Å²) >= 11 is 0. The van der Waals surface area contributed by atoms with E-state index in [0.717, 1.165) is 12.8 Å². The molecule has 4 heteroatoms. The van der Waals surface area contributed by atoms with Crippen molar-refractivity contribution >= 4 is 12.6 Å². The van der Waals surface area contributed by atoms with Gasteiger partial charge >= 0.3 is 7.12 Å². The van der Waals surface area contributed by atoms with Gasteiger partial charge in [0.1, 0.15) is 5.75 Å². The molecule has 1 aromatic rings. The highest BCUT2D eigenvalue weighted by Crippen LogP contribution is 2.22. The van der Waals surface area contributed by atoms with Crippen molar-refractivity contribution in [2.75, 3.05) is 0 Å². The Morgan fingerprint density at radius 2 is 1.75 bits per heavy atom. The van der Waals surface area contributed by atoms with Gasteiger partial charge in [0, 0.05) is 5.46 Å². The van der Waals surface area contributed by atoms with Crippen LogP contribution in [0.2, 0.25) is 0 Å². The Labute approximate surface area is 96.2 Å². The molecule has 1 aromatic carbocycles. The van der Waals surface area contributed by atoms with Crippen molar-refractivity contribution in [3.8, 4) is 5.75 Å². The second-order valence-corrected chi connectivity index (χ2v) is 4.29. The summed E-state index contributed by atoms with van der Waals surface area (Å²) < 4.78 is 5.83. The number of hydrogen-bond donors (Lipinski definition) is 2. The van der Waals surface area contributed by atoms with Crippen LogP contribution < -0.4 is 10.2 Å². The molecular weight excluding hydrogens is 203 g/mol. The minimum absolute atomic E-state index is 0.230. The van der Waals surface area contributed by atoms with E-state index in [1.165, 1.54) is 19.3 Å². The van der Waals surface area contributed by atoms with Gasteiger partial charge in [-0.25, -0.2) is 0 Å². The lowest BCUT2D eigenvalue weighted by atomic mass is 9.79. The summed E-state index contributed by atoms with van der Waals surface area (Å²) in [6.07, 6.45) is 6.05. The smallest absolute Gasteiger partial charge is 0.491 e. The Morgan fingerprint density at radius 3 is 2.44 bits per heavy atom. The zero-order valence-corrected chi connectivity index (χ0v) is 9.30. The van der Waals surface area contributed by atoms with Crippen LogP contribution in [-0.2, 0) is 0 Å². The molecule has 16 heavy (non-hydrogen) atoms. The molecule has 0 saturated heterocycles. The van der Waals surface area contributed by atoms with Gasteiger partial charge in [-0.1, -0.05) is 24.6 Å². The maximum Gasteiger partial charge on any atom is 0.492 e. The molecular formula is C12H17BO3. The number of para-hydroxylation sites is 1. The van der Waals surface area contributed by atoms with E-state index in [2.05, 4.69) is 0 Å². The van der Waals surface area contributed by atoms with Crippen LogP contribution in [-0.4, -0.2) is 23.3 Å². The van der Waals surface area contributed by atoms with E-state index in [1.807, 2.05) is 6.07 Å². The number of rotatable bonds is 3. The average Bonchev–Trinajstić information content (AvgIpc) is 2.31. The third-order valence-electron chi connectivity index (χ3n) is 3.04. The fourth-order valence-electron chi connectivity index (χ4n) is 2.16.